The van der Waals surface area contributed by atoms with Crippen LogP contribution in [0.5, 0.6) is 0 Å². The average Bonchev–Trinajstić information content (AvgIpc) is 1.79. The molecule has 0 aromatic carbocycles. The molecule has 0 radical (unpaired) electrons. The second-order valence-electron chi connectivity index (χ2n) is 4.00. The van der Waals surface area contributed by atoms with Crippen molar-refractivity contribution in [3.8, 4) is 0 Å². The number of hydrogen-bond donors (Lipinski definition) is 1. The Morgan fingerprint density at radius 2 is 2.08 bits per heavy atom. The summed E-state index contributed by atoms with van der Waals surface area (Å²) in [5.41, 5.74) is 0.134. The van der Waals surface area contributed by atoms with Crippen LogP contribution in [0.25, 0.3) is 0 Å². The van der Waals surface area contributed by atoms with Gasteiger partial charge in [0.1, 0.15) is 5.60 Å². The van der Waals surface area contributed by atoms with Crippen molar-refractivity contribution in [2.75, 3.05) is 13.1 Å². The average molecular weight is 186 g/mol. The molecule has 0 aliphatic carbocycles. The highest BCUT2D eigenvalue weighted by molar-refractivity contribution is 5.98. The summed E-state index contributed by atoms with van der Waals surface area (Å²) in [7, 11) is 0. The summed E-state index contributed by atoms with van der Waals surface area (Å²) in [6.45, 7) is 6.17. The number of nitrogens with zero attached hydrogens (tertiary/aromatic N) is 2. The number of carbonyl (C=O) groups excluding carboxylic acids is 1. The summed E-state index contributed by atoms with van der Waals surface area (Å²) in [5.74, 6) is 0. The van der Waals surface area contributed by atoms with E-state index in [0.29, 0.717) is 18.8 Å². The Kier molecular flexibility index (Phi) is 2.45. The van der Waals surface area contributed by atoms with E-state index in [9.17, 15) is 4.79 Å². The molecule has 1 amide bonds. The van der Waals surface area contributed by atoms with Crippen molar-refractivity contribution in [2.24, 2.45) is 5.16 Å². The summed E-state index contributed by atoms with van der Waals surface area (Å²) >= 11 is 0. The Balaban J connectivity index is 2.36. The molecule has 13 heavy (non-hydrogen) atoms. The van der Waals surface area contributed by atoms with Gasteiger partial charge in [-0.05, 0) is 20.8 Å². The number of amides is 1. The van der Waals surface area contributed by atoms with Gasteiger partial charge in [0.25, 0.3) is 0 Å². The van der Waals surface area contributed by atoms with E-state index in [1.165, 1.54) is 4.90 Å². The molecule has 5 heteroatoms. The van der Waals surface area contributed by atoms with Gasteiger partial charge in [-0.25, -0.2) is 4.79 Å². The van der Waals surface area contributed by atoms with Crippen molar-refractivity contribution in [1.29, 1.82) is 0 Å². The predicted octanol–water partition coefficient (Wildman–Crippen LogP) is 1.07. The Morgan fingerprint density at radius 3 is 2.46 bits per heavy atom. The minimum atomic E-state index is -0.469. The Labute approximate surface area is 77.0 Å². The molecule has 1 saturated heterocycles. The molecule has 1 N–H and O–H groups in total. The van der Waals surface area contributed by atoms with Gasteiger partial charge in [0.15, 0.2) is 0 Å². The van der Waals surface area contributed by atoms with Crippen molar-refractivity contribution in [2.45, 2.75) is 26.4 Å². The lowest BCUT2D eigenvalue weighted by molar-refractivity contribution is 0.0261. The molecule has 0 atom stereocenters. The number of oxime groups is 1. The van der Waals surface area contributed by atoms with E-state index in [2.05, 4.69) is 5.16 Å². The van der Waals surface area contributed by atoms with Gasteiger partial charge in [-0.2, -0.15) is 0 Å². The van der Waals surface area contributed by atoms with Crippen molar-refractivity contribution in [3.63, 3.8) is 0 Å². The fourth-order valence-electron chi connectivity index (χ4n) is 0.913. The fourth-order valence-corrected chi connectivity index (χ4v) is 0.913. The van der Waals surface area contributed by atoms with Gasteiger partial charge >= 0.3 is 6.09 Å². The van der Waals surface area contributed by atoms with Crippen LogP contribution in [-0.2, 0) is 4.74 Å². The van der Waals surface area contributed by atoms with Crippen LogP contribution in [-0.4, -0.2) is 40.6 Å². The van der Waals surface area contributed by atoms with E-state index in [0.717, 1.165) is 0 Å². The fraction of sp³-hybridized carbons (Fsp3) is 0.750. The van der Waals surface area contributed by atoms with Crippen molar-refractivity contribution in [1.82, 2.24) is 4.90 Å². The van der Waals surface area contributed by atoms with Crippen LogP contribution in [0.2, 0.25) is 0 Å². The van der Waals surface area contributed by atoms with Gasteiger partial charge in [0.05, 0.1) is 18.8 Å². The SMILES string of the molecule is CC(C)(C)OC(=O)N1CC(=NO)C1. The molecule has 0 saturated carbocycles. The minimum absolute atomic E-state index is 0.361. The van der Waals surface area contributed by atoms with Crippen LogP contribution in [0.3, 0.4) is 0 Å². The Bertz CT molecular complexity index is 234. The van der Waals surface area contributed by atoms with Crippen LogP contribution < -0.4 is 0 Å². The number of likely N-dealkylation sites (tertiary alicyclic amines) is 1. The second kappa shape index (κ2) is 3.24. The summed E-state index contributed by atoms with van der Waals surface area (Å²) in [4.78, 5) is 12.7. The molecule has 1 aliphatic rings. The maximum atomic E-state index is 11.3. The van der Waals surface area contributed by atoms with Crippen LogP contribution >= 0.6 is 0 Å². The highest BCUT2D eigenvalue weighted by atomic mass is 16.6. The van der Waals surface area contributed by atoms with Gasteiger partial charge in [-0.15, -0.1) is 0 Å². The zero-order valence-corrected chi connectivity index (χ0v) is 8.07. The van der Waals surface area contributed by atoms with Crippen LogP contribution in [0.4, 0.5) is 4.79 Å². The molecule has 0 spiro atoms. The monoisotopic (exact) mass is 186 g/mol. The standard InChI is InChI=1S/C8H14N2O3/c1-8(2,3)13-7(11)10-4-6(5-10)9-12/h12H,4-5H2,1-3H3. The van der Waals surface area contributed by atoms with Gasteiger partial charge in [0, 0.05) is 0 Å². The molecule has 74 valence electrons. The first kappa shape index (κ1) is 9.83. The highest BCUT2D eigenvalue weighted by Crippen LogP contribution is 2.13. The molecule has 1 heterocycles. The molecular weight excluding hydrogens is 172 g/mol. The first-order chi connectivity index (χ1) is 5.92. The third-order valence-corrected chi connectivity index (χ3v) is 1.54. The van der Waals surface area contributed by atoms with Crippen LogP contribution in [0.15, 0.2) is 5.16 Å². The molecule has 1 rings (SSSR count). The van der Waals surface area contributed by atoms with Crippen LogP contribution in [0, 0.1) is 0 Å². The lowest BCUT2D eigenvalue weighted by Crippen LogP contribution is -2.52. The number of rotatable bonds is 0. The molecule has 5 nitrogen and oxygen atoms in total. The molecule has 0 aromatic heterocycles. The lowest BCUT2D eigenvalue weighted by Gasteiger charge is -2.33. The first-order valence-corrected chi connectivity index (χ1v) is 4.10. The van der Waals surface area contributed by atoms with Gasteiger partial charge < -0.3 is 9.94 Å². The third kappa shape index (κ3) is 2.61. The number of ether oxygens (including phenoxy) is 1. The Hall–Kier alpha value is -1.26. The predicted molar refractivity (Wildman–Crippen MR) is 47.0 cm³/mol. The van der Waals surface area contributed by atoms with Gasteiger partial charge in [-0.1, -0.05) is 5.16 Å². The van der Waals surface area contributed by atoms with Crippen molar-refractivity contribution in [3.05, 3.63) is 0 Å². The highest BCUT2D eigenvalue weighted by Gasteiger charge is 2.30. The molecule has 1 aliphatic heterocycles. The maximum Gasteiger partial charge on any atom is 0.410 e. The van der Waals surface area contributed by atoms with E-state index in [1.54, 1.807) is 0 Å². The normalized spacial score (nSPS) is 16.5. The van der Waals surface area contributed by atoms with Crippen molar-refractivity contribution >= 4 is 11.8 Å². The zero-order valence-electron chi connectivity index (χ0n) is 8.07. The molecule has 0 unspecified atom stereocenters. The van der Waals surface area contributed by atoms with Gasteiger partial charge in [-0.3, -0.25) is 4.90 Å². The molecule has 1 fully saturated rings. The first-order valence-electron chi connectivity index (χ1n) is 4.10. The minimum Gasteiger partial charge on any atom is -0.444 e. The maximum absolute atomic E-state index is 11.3. The number of hydrogen-bond acceptors (Lipinski definition) is 4. The summed E-state index contributed by atoms with van der Waals surface area (Å²) in [5, 5.41) is 11.3. The molecular formula is C8H14N2O3. The summed E-state index contributed by atoms with van der Waals surface area (Å²) in [6, 6.07) is 0. The zero-order chi connectivity index (χ0) is 10.1. The van der Waals surface area contributed by atoms with Gasteiger partial charge in [0.2, 0.25) is 0 Å². The lowest BCUT2D eigenvalue weighted by atomic mass is 10.2. The van der Waals surface area contributed by atoms with E-state index < -0.39 is 5.60 Å². The largest absolute Gasteiger partial charge is 0.444 e. The quantitative estimate of drug-likeness (QED) is 0.454. The third-order valence-electron chi connectivity index (χ3n) is 1.54. The van der Waals surface area contributed by atoms with E-state index in [4.69, 9.17) is 9.94 Å². The van der Waals surface area contributed by atoms with E-state index in [1.807, 2.05) is 20.8 Å². The Morgan fingerprint density at radius 1 is 1.54 bits per heavy atom. The van der Waals surface area contributed by atoms with E-state index >= 15 is 0 Å². The topological polar surface area (TPSA) is 62.1 Å². The smallest absolute Gasteiger partial charge is 0.410 e. The van der Waals surface area contributed by atoms with E-state index in [-0.39, 0.29) is 6.09 Å². The second-order valence-corrected chi connectivity index (χ2v) is 4.00. The molecule has 0 bridgehead atoms. The summed E-state index contributed by atoms with van der Waals surface area (Å²) in [6.07, 6.45) is -0.361. The van der Waals surface area contributed by atoms with Crippen LogP contribution in [0.1, 0.15) is 20.8 Å². The number of carbonyl (C=O) groups is 1. The molecule has 0 aromatic rings. The van der Waals surface area contributed by atoms with Crippen molar-refractivity contribution < 1.29 is 14.7 Å². The summed E-state index contributed by atoms with van der Waals surface area (Å²) < 4.78 is 5.08.